The van der Waals surface area contributed by atoms with Crippen LogP contribution in [0.2, 0.25) is 0 Å². The van der Waals surface area contributed by atoms with Gasteiger partial charge in [-0.2, -0.15) is 0 Å². The molecule has 0 fully saturated rings. The van der Waals surface area contributed by atoms with Crippen molar-refractivity contribution in [2.24, 2.45) is 0 Å². The highest BCUT2D eigenvalue weighted by molar-refractivity contribution is 8.01. The highest BCUT2D eigenvalue weighted by atomic mass is 32.2. The number of anilines is 2. The second-order valence-electron chi connectivity index (χ2n) is 3.03. The fourth-order valence-corrected chi connectivity index (χ4v) is 2.78. The normalized spacial score (nSPS) is 10.2. The van der Waals surface area contributed by atoms with Crippen molar-refractivity contribution in [1.29, 1.82) is 0 Å². The Kier molecular flexibility index (Phi) is 3.55. The van der Waals surface area contributed by atoms with E-state index in [1.165, 1.54) is 30.0 Å². The molecule has 88 valence electrons. The molecule has 2 heterocycles. The maximum absolute atomic E-state index is 10.8. The number of aromatic nitrogens is 3. The van der Waals surface area contributed by atoms with E-state index in [0.29, 0.717) is 16.1 Å². The summed E-state index contributed by atoms with van der Waals surface area (Å²) in [5.74, 6) is 0.283. The van der Waals surface area contributed by atoms with Crippen molar-refractivity contribution in [3.05, 3.63) is 18.5 Å². The molecule has 0 bridgehead atoms. The number of thiazole rings is 1. The Morgan fingerprint density at radius 2 is 2.35 bits per heavy atom. The minimum atomic E-state index is -0.142. The van der Waals surface area contributed by atoms with Crippen LogP contribution >= 0.6 is 23.1 Å². The summed E-state index contributed by atoms with van der Waals surface area (Å²) in [6, 6.07) is 1.62. The van der Waals surface area contributed by atoms with Crippen LogP contribution in [-0.2, 0) is 4.79 Å². The third-order valence-electron chi connectivity index (χ3n) is 1.61. The van der Waals surface area contributed by atoms with Crippen LogP contribution < -0.4 is 11.1 Å². The molecule has 6 nitrogen and oxygen atoms in total. The van der Waals surface area contributed by atoms with Gasteiger partial charge >= 0.3 is 0 Å². The van der Waals surface area contributed by atoms with E-state index in [9.17, 15) is 4.79 Å². The number of amides is 1. The van der Waals surface area contributed by atoms with Crippen LogP contribution in [0.1, 0.15) is 6.92 Å². The number of hydrogen-bond acceptors (Lipinski definition) is 7. The van der Waals surface area contributed by atoms with Crippen LogP contribution in [-0.4, -0.2) is 20.9 Å². The van der Waals surface area contributed by atoms with Gasteiger partial charge in [0.15, 0.2) is 10.3 Å². The smallest absolute Gasteiger partial charge is 0.223 e. The predicted octanol–water partition coefficient (Wildman–Crippen LogP) is 1.62. The first-order valence-electron chi connectivity index (χ1n) is 4.63. The number of carbonyl (C=O) groups excluding carboxylic acids is 1. The first-order valence-corrected chi connectivity index (χ1v) is 6.26. The second-order valence-corrected chi connectivity index (χ2v) is 5.33. The van der Waals surface area contributed by atoms with Gasteiger partial charge in [-0.05, 0) is 17.8 Å². The molecule has 0 saturated carbocycles. The average Bonchev–Trinajstić information content (AvgIpc) is 2.64. The zero-order valence-corrected chi connectivity index (χ0v) is 10.5. The van der Waals surface area contributed by atoms with Gasteiger partial charge in [0.1, 0.15) is 5.82 Å². The van der Waals surface area contributed by atoms with Crippen LogP contribution in [0.15, 0.2) is 27.8 Å². The minimum Gasteiger partial charge on any atom is -0.384 e. The van der Waals surface area contributed by atoms with E-state index in [4.69, 9.17) is 5.73 Å². The number of nitrogen functional groups attached to an aromatic ring is 1. The number of nitrogens with two attached hydrogens (primary N) is 1. The predicted molar refractivity (Wildman–Crippen MR) is 67.0 cm³/mol. The summed E-state index contributed by atoms with van der Waals surface area (Å²) in [7, 11) is 0. The van der Waals surface area contributed by atoms with Crippen molar-refractivity contribution >= 4 is 40.0 Å². The minimum absolute atomic E-state index is 0.142. The molecule has 0 aliphatic heterocycles. The Hall–Kier alpha value is -1.67. The second kappa shape index (κ2) is 5.11. The van der Waals surface area contributed by atoms with E-state index in [0.717, 1.165) is 4.21 Å². The van der Waals surface area contributed by atoms with Crippen LogP contribution in [0.25, 0.3) is 0 Å². The monoisotopic (exact) mass is 267 g/mol. The van der Waals surface area contributed by atoms with Gasteiger partial charge in [0.25, 0.3) is 0 Å². The lowest BCUT2D eigenvalue weighted by Crippen LogP contribution is -2.04. The van der Waals surface area contributed by atoms with E-state index >= 15 is 0 Å². The standard InChI is InChI=1S/C9H9N5OS2/c1-5(15)13-9-12-4-7(17-9)16-8-11-3-2-6(10)14-8/h2-4H,1H3,(H2,10,11,14)(H,12,13,15). The average molecular weight is 267 g/mol. The van der Waals surface area contributed by atoms with Gasteiger partial charge in [-0.3, -0.25) is 4.79 Å². The number of nitrogens with zero attached hydrogens (tertiary/aromatic N) is 3. The van der Waals surface area contributed by atoms with E-state index in [-0.39, 0.29) is 5.91 Å². The molecule has 0 aliphatic rings. The fraction of sp³-hybridized carbons (Fsp3) is 0.111. The summed E-state index contributed by atoms with van der Waals surface area (Å²) in [5.41, 5.74) is 5.55. The molecule has 2 aromatic rings. The lowest BCUT2D eigenvalue weighted by atomic mass is 10.6. The molecule has 0 radical (unpaired) electrons. The summed E-state index contributed by atoms with van der Waals surface area (Å²) in [6.07, 6.45) is 3.26. The first kappa shape index (κ1) is 11.8. The Labute approximate surface area is 106 Å². The van der Waals surface area contributed by atoms with Crippen molar-refractivity contribution < 1.29 is 4.79 Å². The molecule has 3 N–H and O–H groups in total. The first-order chi connectivity index (χ1) is 8.13. The molecular formula is C9H9N5OS2. The maximum atomic E-state index is 10.8. The van der Waals surface area contributed by atoms with Crippen molar-refractivity contribution in [1.82, 2.24) is 15.0 Å². The van der Waals surface area contributed by atoms with E-state index < -0.39 is 0 Å². The molecule has 17 heavy (non-hydrogen) atoms. The van der Waals surface area contributed by atoms with Gasteiger partial charge in [0.05, 0.1) is 10.4 Å². The van der Waals surface area contributed by atoms with Gasteiger partial charge in [-0.25, -0.2) is 15.0 Å². The maximum Gasteiger partial charge on any atom is 0.223 e. The Balaban J connectivity index is 2.08. The molecule has 0 saturated heterocycles. The summed E-state index contributed by atoms with van der Waals surface area (Å²) >= 11 is 2.71. The van der Waals surface area contributed by atoms with E-state index in [1.54, 1.807) is 18.5 Å². The molecule has 0 spiro atoms. The van der Waals surface area contributed by atoms with Crippen molar-refractivity contribution in [3.8, 4) is 0 Å². The molecule has 0 atom stereocenters. The third-order valence-corrected chi connectivity index (χ3v) is 3.51. The van der Waals surface area contributed by atoms with Crippen molar-refractivity contribution in [2.45, 2.75) is 16.3 Å². The Bertz CT molecular complexity index is 542. The highest BCUT2D eigenvalue weighted by Crippen LogP contribution is 2.31. The quantitative estimate of drug-likeness (QED) is 0.821. The number of rotatable bonds is 3. The van der Waals surface area contributed by atoms with Gasteiger partial charge < -0.3 is 11.1 Å². The molecule has 0 aromatic carbocycles. The van der Waals surface area contributed by atoms with Crippen LogP contribution in [0.5, 0.6) is 0 Å². The largest absolute Gasteiger partial charge is 0.384 e. The van der Waals surface area contributed by atoms with Crippen molar-refractivity contribution in [3.63, 3.8) is 0 Å². The molecule has 2 rings (SSSR count). The highest BCUT2D eigenvalue weighted by Gasteiger charge is 2.06. The Morgan fingerprint density at radius 3 is 3.06 bits per heavy atom. The summed E-state index contributed by atoms with van der Waals surface area (Å²) in [5, 5.41) is 3.73. The fourth-order valence-electron chi connectivity index (χ4n) is 1.01. The molecule has 0 unspecified atom stereocenters. The van der Waals surface area contributed by atoms with Gasteiger partial charge in [0, 0.05) is 13.1 Å². The topological polar surface area (TPSA) is 93.8 Å². The zero-order chi connectivity index (χ0) is 12.3. The molecule has 8 heteroatoms. The lowest BCUT2D eigenvalue weighted by Gasteiger charge is -1.96. The molecule has 1 amide bonds. The lowest BCUT2D eigenvalue weighted by molar-refractivity contribution is -0.114. The van der Waals surface area contributed by atoms with Crippen LogP contribution in [0.3, 0.4) is 0 Å². The molecule has 2 aromatic heterocycles. The number of nitrogens with one attached hydrogen (secondary N) is 1. The van der Waals surface area contributed by atoms with Crippen molar-refractivity contribution in [2.75, 3.05) is 11.1 Å². The molecular weight excluding hydrogens is 258 g/mol. The van der Waals surface area contributed by atoms with Gasteiger partial charge in [0.2, 0.25) is 5.91 Å². The molecule has 0 aliphatic carbocycles. The number of carbonyl (C=O) groups is 1. The third kappa shape index (κ3) is 3.40. The van der Waals surface area contributed by atoms with Crippen LogP contribution in [0, 0.1) is 0 Å². The number of hydrogen-bond donors (Lipinski definition) is 2. The Morgan fingerprint density at radius 1 is 1.53 bits per heavy atom. The van der Waals surface area contributed by atoms with E-state index in [1.807, 2.05) is 0 Å². The summed E-state index contributed by atoms with van der Waals surface area (Å²) < 4.78 is 0.888. The summed E-state index contributed by atoms with van der Waals surface area (Å²) in [6.45, 7) is 1.44. The van der Waals surface area contributed by atoms with Crippen LogP contribution in [0.4, 0.5) is 10.9 Å². The summed E-state index contributed by atoms with van der Waals surface area (Å²) in [4.78, 5) is 23.0. The zero-order valence-electron chi connectivity index (χ0n) is 8.88. The van der Waals surface area contributed by atoms with Gasteiger partial charge in [-0.15, -0.1) is 0 Å². The van der Waals surface area contributed by atoms with E-state index in [2.05, 4.69) is 20.3 Å². The van der Waals surface area contributed by atoms with Gasteiger partial charge in [-0.1, -0.05) is 11.3 Å². The SMILES string of the molecule is CC(=O)Nc1ncc(Sc2nccc(N)n2)s1.